The quantitative estimate of drug-likeness (QED) is 0.892. The molecule has 0 radical (unpaired) electrons. The number of hydrogen-bond donors (Lipinski definition) is 1. The van der Waals surface area contributed by atoms with Crippen LogP contribution in [0.2, 0.25) is 5.02 Å². The Kier molecular flexibility index (Phi) is 4.00. The van der Waals surface area contributed by atoms with E-state index in [4.69, 9.17) is 11.6 Å². The molecule has 2 aromatic rings. The maximum atomic E-state index is 11.9. The lowest BCUT2D eigenvalue weighted by molar-refractivity contribution is -0.115. The van der Waals surface area contributed by atoms with Crippen LogP contribution < -0.4 is 5.32 Å². The first-order valence-electron chi connectivity index (χ1n) is 5.75. The normalized spacial score (nSPS) is 10.1. The predicted octanol–water partition coefficient (Wildman–Crippen LogP) is 3.83. The van der Waals surface area contributed by atoms with Crippen LogP contribution in [0.15, 0.2) is 48.5 Å². The largest absolute Gasteiger partial charge is 0.326 e. The molecule has 18 heavy (non-hydrogen) atoms. The molecule has 92 valence electrons. The zero-order valence-electron chi connectivity index (χ0n) is 10.1. The number of amides is 1. The summed E-state index contributed by atoms with van der Waals surface area (Å²) in [5.74, 6) is -0.0356. The lowest BCUT2D eigenvalue weighted by Crippen LogP contribution is -2.14. The number of anilines is 1. The highest BCUT2D eigenvalue weighted by Crippen LogP contribution is 2.15. The Morgan fingerprint density at radius 1 is 1.17 bits per heavy atom. The lowest BCUT2D eigenvalue weighted by atomic mass is 10.1. The number of benzene rings is 2. The summed E-state index contributed by atoms with van der Waals surface area (Å²) >= 11 is 5.86. The van der Waals surface area contributed by atoms with Crippen molar-refractivity contribution in [1.82, 2.24) is 0 Å². The van der Waals surface area contributed by atoms with Gasteiger partial charge >= 0.3 is 0 Å². The zero-order valence-corrected chi connectivity index (χ0v) is 10.9. The number of halogens is 1. The second-order valence-electron chi connectivity index (χ2n) is 4.16. The molecule has 2 nitrogen and oxygen atoms in total. The van der Waals surface area contributed by atoms with Crippen molar-refractivity contribution in [3.63, 3.8) is 0 Å². The number of aryl methyl sites for hydroxylation is 1. The maximum Gasteiger partial charge on any atom is 0.228 e. The standard InChI is InChI=1S/C15H14ClNO/c1-11-5-2-3-6-12(11)9-15(18)17-14-8-4-7-13(16)10-14/h2-8,10H,9H2,1H3,(H,17,18). The second-order valence-corrected chi connectivity index (χ2v) is 4.60. The number of hydrogen-bond acceptors (Lipinski definition) is 1. The first kappa shape index (κ1) is 12.7. The molecule has 0 unspecified atom stereocenters. The average molecular weight is 260 g/mol. The second kappa shape index (κ2) is 5.69. The van der Waals surface area contributed by atoms with E-state index >= 15 is 0 Å². The van der Waals surface area contributed by atoms with E-state index in [1.165, 1.54) is 0 Å². The third-order valence-electron chi connectivity index (χ3n) is 2.72. The highest BCUT2D eigenvalue weighted by molar-refractivity contribution is 6.30. The van der Waals surface area contributed by atoms with E-state index in [1.54, 1.807) is 12.1 Å². The molecule has 0 aliphatic heterocycles. The van der Waals surface area contributed by atoms with Crippen molar-refractivity contribution >= 4 is 23.2 Å². The molecule has 0 aromatic heterocycles. The van der Waals surface area contributed by atoms with E-state index < -0.39 is 0 Å². The zero-order chi connectivity index (χ0) is 13.0. The van der Waals surface area contributed by atoms with Crippen molar-refractivity contribution < 1.29 is 4.79 Å². The topological polar surface area (TPSA) is 29.1 Å². The molecule has 0 saturated carbocycles. The Labute approximate surface area is 112 Å². The molecule has 0 spiro atoms. The van der Waals surface area contributed by atoms with Crippen LogP contribution >= 0.6 is 11.6 Å². The van der Waals surface area contributed by atoms with Crippen molar-refractivity contribution in [2.45, 2.75) is 13.3 Å². The third kappa shape index (κ3) is 3.34. The number of carbonyl (C=O) groups is 1. The Morgan fingerprint density at radius 2 is 1.94 bits per heavy atom. The molecular formula is C15H14ClNO. The van der Waals surface area contributed by atoms with Crippen LogP contribution in [-0.4, -0.2) is 5.91 Å². The van der Waals surface area contributed by atoms with Crippen LogP contribution in [0.4, 0.5) is 5.69 Å². The summed E-state index contributed by atoms with van der Waals surface area (Å²) in [6.45, 7) is 2.00. The number of carbonyl (C=O) groups excluding carboxylic acids is 1. The summed E-state index contributed by atoms with van der Waals surface area (Å²) in [6.07, 6.45) is 0.374. The fourth-order valence-corrected chi connectivity index (χ4v) is 1.94. The molecule has 3 heteroatoms. The van der Waals surface area contributed by atoms with Gasteiger partial charge in [0.1, 0.15) is 0 Å². The molecule has 0 bridgehead atoms. The van der Waals surface area contributed by atoms with Crippen LogP contribution in [0.1, 0.15) is 11.1 Å². The minimum absolute atomic E-state index is 0.0356. The van der Waals surface area contributed by atoms with Crippen molar-refractivity contribution in [3.8, 4) is 0 Å². The van der Waals surface area contributed by atoms with Crippen LogP contribution in [0.25, 0.3) is 0 Å². The Bertz CT molecular complexity index is 566. The summed E-state index contributed by atoms with van der Waals surface area (Å²) in [5.41, 5.74) is 2.89. The summed E-state index contributed by atoms with van der Waals surface area (Å²) in [6, 6.07) is 15.0. The van der Waals surface area contributed by atoms with Gasteiger partial charge in [-0.2, -0.15) is 0 Å². The predicted molar refractivity (Wildman–Crippen MR) is 75.0 cm³/mol. The summed E-state index contributed by atoms with van der Waals surface area (Å²) in [7, 11) is 0. The van der Waals surface area contributed by atoms with Gasteiger partial charge in [-0.15, -0.1) is 0 Å². The SMILES string of the molecule is Cc1ccccc1CC(=O)Nc1cccc(Cl)c1. The fraction of sp³-hybridized carbons (Fsp3) is 0.133. The van der Waals surface area contributed by atoms with Gasteiger partial charge in [0.25, 0.3) is 0 Å². The minimum atomic E-state index is -0.0356. The van der Waals surface area contributed by atoms with Gasteiger partial charge in [-0.25, -0.2) is 0 Å². The molecule has 0 heterocycles. The Hall–Kier alpha value is -1.80. The van der Waals surface area contributed by atoms with Gasteiger partial charge in [0.15, 0.2) is 0 Å². The van der Waals surface area contributed by atoms with Crippen molar-refractivity contribution in [2.75, 3.05) is 5.32 Å². The van der Waals surface area contributed by atoms with E-state index in [0.29, 0.717) is 11.4 Å². The Morgan fingerprint density at radius 3 is 2.67 bits per heavy atom. The van der Waals surface area contributed by atoms with E-state index in [9.17, 15) is 4.79 Å². The van der Waals surface area contributed by atoms with Crippen LogP contribution in [-0.2, 0) is 11.2 Å². The first-order chi connectivity index (χ1) is 8.65. The van der Waals surface area contributed by atoms with Gasteiger partial charge in [-0.3, -0.25) is 4.79 Å². The summed E-state index contributed by atoms with van der Waals surface area (Å²) in [4.78, 5) is 11.9. The van der Waals surface area contributed by atoms with E-state index in [1.807, 2.05) is 43.3 Å². The average Bonchev–Trinajstić information content (AvgIpc) is 2.32. The van der Waals surface area contributed by atoms with Gasteiger partial charge in [0.2, 0.25) is 5.91 Å². The van der Waals surface area contributed by atoms with Crippen molar-refractivity contribution in [1.29, 1.82) is 0 Å². The number of nitrogens with one attached hydrogen (secondary N) is 1. The summed E-state index contributed by atoms with van der Waals surface area (Å²) < 4.78 is 0. The van der Waals surface area contributed by atoms with Gasteiger partial charge < -0.3 is 5.32 Å². The van der Waals surface area contributed by atoms with Gasteiger partial charge in [0.05, 0.1) is 6.42 Å². The van der Waals surface area contributed by atoms with Crippen LogP contribution in [0.5, 0.6) is 0 Å². The number of rotatable bonds is 3. The molecule has 0 aliphatic rings. The van der Waals surface area contributed by atoms with Gasteiger partial charge in [-0.05, 0) is 36.2 Å². The molecule has 0 aliphatic carbocycles. The highest BCUT2D eigenvalue weighted by atomic mass is 35.5. The molecular weight excluding hydrogens is 246 g/mol. The van der Waals surface area contributed by atoms with Crippen LogP contribution in [0.3, 0.4) is 0 Å². The maximum absolute atomic E-state index is 11.9. The smallest absolute Gasteiger partial charge is 0.228 e. The molecule has 1 N–H and O–H groups in total. The molecule has 1 amide bonds. The van der Waals surface area contributed by atoms with E-state index in [-0.39, 0.29) is 5.91 Å². The lowest BCUT2D eigenvalue weighted by Gasteiger charge is -2.07. The molecule has 0 fully saturated rings. The molecule has 0 saturated heterocycles. The third-order valence-corrected chi connectivity index (χ3v) is 2.96. The van der Waals surface area contributed by atoms with E-state index in [2.05, 4.69) is 5.32 Å². The monoisotopic (exact) mass is 259 g/mol. The molecule has 2 aromatic carbocycles. The first-order valence-corrected chi connectivity index (χ1v) is 6.13. The van der Waals surface area contributed by atoms with Crippen LogP contribution in [0, 0.1) is 6.92 Å². The highest BCUT2D eigenvalue weighted by Gasteiger charge is 2.06. The molecule has 0 atom stereocenters. The van der Waals surface area contributed by atoms with E-state index in [0.717, 1.165) is 16.8 Å². The molecule has 2 rings (SSSR count). The van der Waals surface area contributed by atoms with Crippen molar-refractivity contribution in [2.24, 2.45) is 0 Å². The van der Waals surface area contributed by atoms with Gasteiger partial charge in [-0.1, -0.05) is 41.9 Å². The Balaban J connectivity index is 2.03. The summed E-state index contributed by atoms with van der Waals surface area (Å²) in [5, 5.41) is 3.45. The van der Waals surface area contributed by atoms with Crippen molar-refractivity contribution in [3.05, 3.63) is 64.7 Å². The minimum Gasteiger partial charge on any atom is -0.326 e. The van der Waals surface area contributed by atoms with Gasteiger partial charge in [0, 0.05) is 10.7 Å². The fourth-order valence-electron chi connectivity index (χ4n) is 1.75.